The van der Waals surface area contributed by atoms with Crippen molar-refractivity contribution in [1.82, 2.24) is 0 Å². The average molecular weight is 242 g/mol. The number of hydrogen-bond acceptors (Lipinski definition) is 4. The first-order valence-corrected chi connectivity index (χ1v) is 5.92. The molecule has 1 rings (SSSR count). The molecule has 0 aromatic rings. The van der Waals surface area contributed by atoms with Crippen molar-refractivity contribution in [2.75, 3.05) is 14.2 Å². The number of carbonyl (C=O) groups is 2. The highest BCUT2D eigenvalue weighted by Crippen LogP contribution is 2.41. The van der Waals surface area contributed by atoms with Crippen molar-refractivity contribution in [1.29, 1.82) is 0 Å². The van der Waals surface area contributed by atoms with Crippen molar-refractivity contribution >= 4 is 11.9 Å². The second kappa shape index (κ2) is 8.79. The van der Waals surface area contributed by atoms with E-state index >= 15 is 0 Å². The molecule has 0 spiro atoms. The molecule has 0 heterocycles. The smallest absolute Gasteiger partial charge is 0.330 e. The second-order valence-electron chi connectivity index (χ2n) is 3.87. The topological polar surface area (TPSA) is 52.6 Å². The van der Waals surface area contributed by atoms with Gasteiger partial charge < -0.3 is 9.47 Å². The third-order valence-electron chi connectivity index (χ3n) is 2.64. The SMILES string of the molecule is CC/C=C/C(=O)OC.CCC1CC1C(=O)OC. The summed E-state index contributed by atoms with van der Waals surface area (Å²) in [6, 6.07) is 0. The Balaban J connectivity index is 0.000000304. The first-order chi connectivity index (χ1) is 8.10. The zero-order valence-corrected chi connectivity index (χ0v) is 11.1. The van der Waals surface area contributed by atoms with E-state index in [2.05, 4.69) is 16.4 Å². The molecule has 0 N–H and O–H groups in total. The lowest BCUT2D eigenvalue weighted by Crippen LogP contribution is -2.03. The third-order valence-corrected chi connectivity index (χ3v) is 2.64. The molecule has 98 valence electrons. The van der Waals surface area contributed by atoms with Crippen LogP contribution in [0.2, 0.25) is 0 Å². The van der Waals surface area contributed by atoms with Gasteiger partial charge in [-0.15, -0.1) is 0 Å². The van der Waals surface area contributed by atoms with Crippen LogP contribution in [0.5, 0.6) is 0 Å². The maximum absolute atomic E-state index is 10.7. The summed E-state index contributed by atoms with van der Waals surface area (Å²) in [5, 5.41) is 0. The normalized spacial score (nSPS) is 21.4. The van der Waals surface area contributed by atoms with Gasteiger partial charge >= 0.3 is 11.9 Å². The summed E-state index contributed by atoms with van der Waals surface area (Å²) in [7, 11) is 2.82. The molecule has 1 aliphatic carbocycles. The number of rotatable bonds is 4. The molecule has 1 fully saturated rings. The van der Waals surface area contributed by atoms with E-state index < -0.39 is 0 Å². The van der Waals surface area contributed by atoms with Crippen LogP contribution in [-0.4, -0.2) is 26.2 Å². The maximum atomic E-state index is 10.7. The summed E-state index contributed by atoms with van der Waals surface area (Å²) >= 11 is 0. The van der Waals surface area contributed by atoms with E-state index in [4.69, 9.17) is 0 Å². The van der Waals surface area contributed by atoms with Gasteiger partial charge in [0, 0.05) is 6.08 Å². The highest BCUT2D eigenvalue weighted by Gasteiger charge is 2.42. The van der Waals surface area contributed by atoms with Gasteiger partial charge in [0.1, 0.15) is 0 Å². The largest absolute Gasteiger partial charge is 0.469 e. The van der Waals surface area contributed by atoms with Gasteiger partial charge in [-0.3, -0.25) is 4.79 Å². The van der Waals surface area contributed by atoms with Crippen LogP contribution in [0.25, 0.3) is 0 Å². The molecule has 17 heavy (non-hydrogen) atoms. The van der Waals surface area contributed by atoms with Crippen LogP contribution in [0.3, 0.4) is 0 Å². The minimum atomic E-state index is -0.285. The predicted octanol–water partition coefficient (Wildman–Crippen LogP) is 2.33. The Morgan fingerprint density at radius 3 is 2.24 bits per heavy atom. The van der Waals surface area contributed by atoms with Crippen LogP contribution in [0, 0.1) is 11.8 Å². The number of ether oxygens (including phenoxy) is 2. The minimum Gasteiger partial charge on any atom is -0.469 e. The lowest BCUT2D eigenvalue weighted by Gasteiger charge is -1.93. The molecule has 0 saturated heterocycles. The van der Waals surface area contributed by atoms with E-state index in [1.165, 1.54) is 20.3 Å². The van der Waals surface area contributed by atoms with Crippen molar-refractivity contribution < 1.29 is 19.1 Å². The Hall–Kier alpha value is -1.32. The molecule has 0 bridgehead atoms. The van der Waals surface area contributed by atoms with Crippen LogP contribution in [0.15, 0.2) is 12.2 Å². The van der Waals surface area contributed by atoms with E-state index in [0.29, 0.717) is 5.92 Å². The molecule has 0 aromatic carbocycles. The van der Waals surface area contributed by atoms with Gasteiger partial charge in [0.05, 0.1) is 20.1 Å². The van der Waals surface area contributed by atoms with Gasteiger partial charge in [-0.05, 0) is 18.8 Å². The first-order valence-electron chi connectivity index (χ1n) is 5.92. The van der Waals surface area contributed by atoms with Crippen LogP contribution < -0.4 is 0 Å². The highest BCUT2D eigenvalue weighted by molar-refractivity contribution is 5.81. The van der Waals surface area contributed by atoms with Crippen LogP contribution in [0.1, 0.15) is 33.1 Å². The Bertz CT molecular complexity index is 271. The first kappa shape index (κ1) is 15.7. The number of methoxy groups -OCH3 is 2. The van der Waals surface area contributed by atoms with E-state index in [-0.39, 0.29) is 17.9 Å². The van der Waals surface area contributed by atoms with Crippen molar-refractivity contribution in [3.8, 4) is 0 Å². The van der Waals surface area contributed by atoms with Gasteiger partial charge in [0.25, 0.3) is 0 Å². The fourth-order valence-electron chi connectivity index (χ4n) is 1.42. The Morgan fingerprint density at radius 1 is 1.24 bits per heavy atom. The van der Waals surface area contributed by atoms with Crippen LogP contribution in [0.4, 0.5) is 0 Å². The monoisotopic (exact) mass is 242 g/mol. The highest BCUT2D eigenvalue weighted by atomic mass is 16.5. The molecular formula is C13H22O4. The molecule has 2 atom stereocenters. The second-order valence-corrected chi connectivity index (χ2v) is 3.87. The number of hydrogen-bond donors (Lipinski definition) is 0. The summed E-state index contributed by atoms with van der Waals surface area (Å²) in [4.78, 5) is 21.0. The molecule has 4 heteroatoms. The quantitative estimate of drug-likeness (QED) is 0.561. The number of esters is 2. The zero-order chi connectivity index (χ0) is 13.3. The minimum absolute atomic E-state index is 0.0261. The fourth-order valence-corrected chi connectivity index (χ4v) is 1.42. The maximum Gasteiger partial charge on any atom is 0.330 e. The summed E-state index contributed by atoms with van der Waals surface area (Å²) < 4.78 is 8.89. The van der Waals surface area contributed by atoms with Crippen LogP contribution in [-0.2, 0) is 19.1 Å². The van der Waals surface area contributed by atoms with Gasteiger partial charge in [-0.1, -0.05) is 26.3 Å². The number of carbonyl (C=O) groups excluding carboxylic acids is 2. The molecule has 0 amide bonds. The van der Waals surface area contributed by atoms with Crippen molar-refractivity contribution in [3.63, 3.8) is 0 Å². The lowest BCUT2D eigenvalue weighted by molar-refractivity contribution is -0.142. The predicted molar refractivity (Wildman–Crippen MR) is 65.4 cm³/mol. The molecule has 0 radical (unpaired) electrons. The molecule has 4 nitrogen and oxygen atoms in total. The van der Waals surface area contributed by atoms with Gasteiger partial charge in [0.15, 0.2) is 0 Å². The van der Waals surface area contributed by atoms with E-state index in [1.54, 1.807) is 6.08 Å². The Morgan fingerprint density at radius 2 is 1.88 bits per heavy atom. The summed E-state index contributed by atoms with van der Waals surface area (Å²) in [5.41, 5.74) is 0. The number of allylic oxidation sites excluding steroid dienone is 1. The average Bonchev–Trinajstić information content (AvgIpc) is 3.15. The van der Waals surface area contributed by atoms with Crippen molar-refractivity contribution in [2.45, 2.75) is 33.1 Å². The van der Waals surface area contributed by atoms with Gasteiger partial charge in [0.2, 0.25) is 0 Å². The standard InChI is InChI=1S/C7H12O2.C6H10O2/c1-3-5-4-6(5)7(8)9-2;1-3-4-5-6(7)8-2/h5-6H,3-4H2,1-2H3;4-5H,3H2,1-2H3/b;5-4+. The van der Waals surface area contributed by atoms with E-state index in [1.807, 2.05) is 6.92 Å². The summed E-state index contributed by atoms with van der Waals surface area (Å²) in [6.45, 7) is 4.06. The Labute approximate surface area is 103 Å². The molecule has 1 aliphatic rings. The molecule has 2 unspecified atom stereocenters. The summed E-state index contributed by atoms with van der Waals surface area (Å²) in [5.74, 6) is 0.547. The van der Waals surface area contributed by atoms with Gasteiger partial charge in [-0.25, -0.2) is 4.79 Å². The molecule has 0 aliphatic heterocycles. The Kier molecular flexibility index (Phi) is 8.11. The summed E-state index contributed by atoms with van der Waals surface area (Å²) in [6.07, 6.45) is 6.20. The molecule has 0 aromatic heterocycles. The van der Waals surface area contributed by atoms with Gasteiger partial charge in [-0.2, -0.15) is 0 Å². The zero-order valence-electron chi connectivity index (χ0n) is 11.1. The van der Waals surface area contributed by atoms with Crippen molar-refractivity contribution in [2.24, 2.45) is 11.8 Å². The molecular weight excluding hydrogens is 220 g/mol. The van der Waals surface area contributed by atoms with Crippen LogP contribution >= 0.6 is 0 Å². The molecule has 1 saturated carbocycles. The lowest BCUT2D eigenvalue weighted by atomic mass is 10.2. The van der Waals surface area contributed by atoms with E-state index in [9.17, 15) is 9.59 Å². The van der Waals surface area contributed by atoms with E-state index in [0.717, 1.165) is 19.3 Å². The fraction of sp³-hybridized carbons (Fsp3) is 0.692. The third kappa shape index (κ3) is 6.76. The van der Waals surface area contributed by atoms with Crippen molar-refractivity contribution in [3.05, 3.63) is 12.2 Å².